The van der Waals surface area contributed by atoms with Gasteiger partial charge in [0.05, 0.1) is 0 Å². The minimum absolute atomic E-state index is 0.822. The van der Waals surface area contributed by atoms with Gasteiger partial charge in [-0.2, -0.15) is 11.3 Å². The van der Waals surface area contributed by atoms with Gasteiger partial charge in [-0.05, 0) is 72.4 Å². The van der Waals surface area contributed by atoms with Gasteiger partial charge in [0, 0.05) is 6.04 Å². The highest BCUT2D eigenvalue weighted by atomic mass is 32.1. The van der Waals surface area contributed by atoms with E-state index in [1.165, 1.54) is 51.5 Å². The lowest BCUT2D eigenvalue weighted by atomic mass is 9.70. The normalized spacial score (nSPS) is 31.5. The molecule has 2 fully saturated rings. The van der Waals surface area contributed by atoms with Crippen LogP contribution in [0.15, 0.2) is 16.8 Å². The number of hydrogen-bond donors (Lipinski definition) is 1. The summed E-state index contributed by atoms with van der Waals surface area (Å²) in [6, 6.07) is 3.23. The average molecular weight is 277 g/mol. The smallest absolute Gasteiger partial charge is 0.00683 e. The summed E-state index contributed by atoms with van der Waals surface area (Å²) in [4.78, 5) is 0. The molecule has 0 amide bonds. The molecule has 3 rings (SSSR count). The molecule has 2 heteroatoms. The Morgan fingerprint density at radius 3 is 2.84 bits per heavy atom. The molecule has 1 heterocycles. The van der Waals surface area contributed by atoms with Gasteiger partial charge in [-0.3, -0.25) is 0 Å². The van der Waals surface area contributed by atoms with Crippen LogP contribution >= 0.6 is 11.3 Å². The van der Waals surface area contributed by atoms with Crippen LogP contribution in [0.1, 0.15) is 63.4 Å². The van der Waals surface area contributed by atoms with Crippen molar-refractivity contribution in [1.82, 2.24) is 5.32 Å². The quantitative estimate of drug-likeness (QED) is 0.787. The Balaban J connectivity index is 1.63. The number of thiophene rings is 1. The summed E-state index contributed by atoms with van der Waals surface area (Å²) in [5, 5.41) is 8.41. The molecule has 0 aromatic carbocycles. The topological polar surface area (TPSA) is 12.0 Å². The third-order valence-electron chi connectivity index (χ3n) is 5.02. The van der Waals surface area contributed by atoms with Crippen molar-refractivity contribution in [1.29, 1.82) is 0 Å². The highest BCUT2D eigenvalue weighted by Crippen LogP contribution is 2.42. The fraction of sp³-hybridized carbons (Fsp3) is 0.765. The maximum atomic E-state index is 3.77. The molecule has 2 saturated carbocycles. The van der Waals surface area contributed by atoms with Gasteiger partial charge in [-0.25, -0.2) is 0 Å². The van der Waals surface area contributed by atoms with Crippen molar-refractivity contribution in [2.75, 3.05) is 6.54 Å². The van der Waals surface area contributed by atoms with Gasteiger partial charge in [-0.1, -0.05) is 26.2 Å². The molecule has 0 aliphatic heterocycles. The second-order valence-corrected chi connectivity index (χ2v) is 7.35. The summed E-state index contributed by atoms with van der Waals surface area (Å²) in [6.45, 7) is 3.59. The van der Waals surface area contributed by atoms with Crippen LogP contribution < -0.4 is 5.32 Å². The molecule has 0 spiro atoms. The Bertz CT molecular complexity index is 369. The Morgan fingerprint density at radius 1 is 1.26 bits per heavy atom. The molecule has 19 heavy (non-hydrogen) atoms. The van der Waals surface area contributed by atoms with Crippen molar-refractivity contribution in [2.24, 2.45) is 11.8 Å². The Kier molecular flexibility index (Phi) is 4.60. The molecular weight excluding hydrogens is 250 g/mol. The first-order valence-electron chi connectivity index (χ1n) is 8.12. The minimum Gasteiger partial charge on any atom is -0.314 e. The maximum Gasteiger partial charge on any atom is 0.00683 e. The van der Waals surface area contributed by atoms with Crippen LogP contribution in [0.5, 0.6) is 0 Å². The van der Waals surface area contributed by atoms with Crippen LogP contribution in [-0.4, -0.2) is 12.6 Å². The molecule has 3 atom stereocenters. The summed E-state index contributed by atoms with van der Waals surface area (Å²) < 4.78 is 0. The predicted molar refractivity (Wildman–Crippen MR) is 83.8 cm³/mol. The molecular formula is C17H27NS. The maximum absolute atomic E-state index is 3.77. The molecule has 3 unspecified atom stereocenters. The Labute approximate surface area is 121 Å². The van der Waals surface area contributed by atoms with Gasteiger partial charge in [0.1, 0.15) is 0 Å². The van der Waals surface area contributed by atoms with Gasteiger partial charge in [-0.15, -0.1) is 0 Å². The summed E-state index contributed by atoms with van der Waals surface area (Å²) in [5.41, 5.74) is 1.62. The fourth-order valence-corrected chi connectivity index (χ4v) is 4.46. The van der Waals surface area contributed by atoms with E-state index in [-0.39, 0.29) is 0 Å². The first-order valence-corrected chi connectivity index (χ1v) is 9.06. The summed E-state index contributed by atoms with van der Waals surface area (Å²) in [5.74, 6) is 2.68. The average Bonchev–Trinajstić information content (AvgIpc) is 3.10. The second kappa shape index (κ2) is 6.41. The SMILES string of the molecule is CCCC1CCC(CNC2CC2)C(c2ccsc2)C1. The zero-order chi connectivity index (χ0) is 13.1. The number of hydrogen-bond acceptors (Lipinski definition) is 2. The van der Waals surface area contributed by atoms with Crippen LogP contribution in [0, 0.1) is 11.8 Å². The van der Waals surface area contributed by atoms with E-state index in [2.05, 4.69) is 29.1 Å². The lowest BCUT2D eigenvalue weighted by Crippen LogP contribution is -2.32. The van der Waals surface area contributed by atoms with Gasteiger partial charge in [0.2, 0.25) is 0 Å². The van der Waals surface area contributed by atoms with Crippen LogP contribution in [0.4, 0.5) is 0 Å². The monoisotopic (exact) mass is 277 g/mol. The summed E-state index contributed by atoms with van der Waals surface area (Å²) in [6.07, 6.45) is 9.94. The third-order valence-corrected chi connectivity index (χ3v) is 5.72. The molecule has 0 saturated heterocycles. The Morgan fingerprint density at radius 2 is 2.16 bits per heavy atom. The van der Waals surface area contributed by atoms with Crippen LogP contribution in [-0.2, 0) is 0 Å². The standard InChI is InChI=1S/C17H27NS/c1-2-3-13-4-5-14(11-18-16-6-7-16)17(10-13)15-8-9-19-12-15/h8-9,12-14,16-18H,2-7,10-11H2,1H3. The first-order chi connectivity index (χ1) is 9.36. The van der Waals surface area contributed by atoms with E-state index < -0.39 is 0 Å². The van der Waals surface area contributed by atoms with Crippen molar-refractivity contribution in [3.8, 4) is 0 Å². The largest absolute Gasteiger partial charge is 0.314 e. The molecule has 2 aliphatic carbocycles. The minimum atomic E-state index is 0.822. The van der Waals surface area contributed by atoms with E-state index in [1.54, 1.807) is 5.56 Å². The summed E-state index contributed by atoms with van der Waals surface area (Å²) in [7, 11) is 0. The molecule has 2 aliphatic rings. The van der Waals surface area contributed by atoms with Crippen LogP contribution in [0.2, 0.25) is 0 Å². The van der Waals surface area contributed by atoms with E-state index in [4.69, 9.17) is 0 Å². The van der Waals surface area contributed by atoms with Gasteiger partial charge >= 0.3 is 0 Å². The lowest BCUT2D eigenvalue weighted by Gasteiger charge is -2.36. The summed E-state index contributed by atoms with van der Waals surface area (Å²) >= 11 is 1.87. The number of rotatable bonds is 6. The van der Waals surface area contributed by atoms with E-state index in [0.29, 0.717) is 0 Å². The molecule has 106 valence electrons. The van der Waals surface area contributed by atoms with Crippen LogP contribution in [0.3, 0.4) is 0 Å². The van der Waals surface area contributed by atoms with Gasteiger partial charge < -0.3 is 5.32 Å². The van der Waals surface area contributed by atoms with Gasteiger partial charge in [0.25, 0.3) is 0 Å². The molecule has 0 bridgehead atoms. The predicted octanol–water partition coefficient (Wildman–Crippen LogP) is 4.80. The zero-order valence-electron chi connectivity index (χ0n) is 12.1. The van der Waals surface area contributed by atoms with Crippen molar-refractivity contribution >= 4 is 11.3 Å². The lowest BCUT2D eigenvalue weighted by molar-refractivity contribution is 0.220. The zero-order valence-corrected chi connectivity index (χ0v) is 12.9. The van der Waals surface area contributed by atoms with E-state index in [9.17, 15) is 0 Å². The highest BCUT2D eigenvalue weighted by molar-refractivity contribution is 7.07. The Hall–Kier alpha value is -0.340. The molecule has 1 nitrogen and oxygen atoms in total. The van der Waals surface area contributed by atoms with Gasteiger partial charge in [0.15, 0.2) is 0 Å². The van der Waals surface area contributed by atoms with E-state index in [1.807, 2.05) is 11.3 Å². The van der Waals surface area contributed by atoms with Crippen LogP contribution in [0.25, 0.3) is 0 Å². The molecule has 1 N–H and O–H groups in total. The molecule has 0 radical (unpaired) electrons. The third kappa shape index (κ3) is 3.61. The molecule has 1 aromatic heterocycles. The van der Waals surface area contributed by atoms with E-state index in [0.717, 1.165) is 23.8 Å². The second-order valence-electron chi connectivity index (χ2n) is 6.57. The van der Waals surface area contributed by atoms with Crippen molar-refractivity contribution < 1.29 is 0 Å². The first kappa shape index (κ1) is 13.6. The fourth-order valence-electron chi connectivity index (χ4n) is 3.73. The van der Waals surface area contributed by atoms with Crippen molar-refractivity contribution in [2.45, 2.75) is 63.8 Å². The highest BCUT2D eigenvalue weighted by Gasteiger charge is 2.32. The van der Waals surface area contributed by atoms with Crippen molar-refractivity contribution in [3.05, 3.63) is 22.4 Å². The van der Waals surface area contributed by atoms with E-state index >= 15 is 0 Å². The molecule has 1 aromatic rings. The van der Waals surface area contributed by atoms with Crippen molar-refractivity contribution in [3.63, 3.8) is 0 Å². The number of nitrogens with one attached hydrogen (secondary N) is 1.